The number of aliphatic hydroxyl groups is 1. The number of benzene rings is 1. The third-order valence-electron chi connectivity index (χ3n) is 3.04. The van der Waals surface area contributed by atoms with Crippen molar-refractivity contribution < 1.29 is 28.9 Å². The van der Waals surface area contributed by atoms with E-state index in [1.807, 2.05) is 0 Å². The Morgan fingerprint density at radius 3 is 2.85 bits per heavy atom. The summed E-state index contributed by atoms with van der Waals surface area (Å²) < 4.78 is 18.0. The zero-order chi connectivity index (χ0) is 14.7. The topological polar surface area (TPSA) is 87.1 Å². The number of carboxylic acids is 1. The third kappa shape index (κ3) is 3.24. The fourth-order valence-corrected chi connectivity index (χ4v) is 2.11. The molecule has 20 heavy (non-hydrogen) atoms. The lowest BCUT2D eigenvalue weighted by Gasteiger charge is -2.21. The van der Waals surface area contributed by atoms with Gasteiger partial charge in [-0.1, -0.05) is 6.07 Å². The van der Waals surface area contributed by atoms with Crippen molar-refractivity contribution in [3.8, 4) is 5.75 Å². The number of nitrogens with zero attached hydrogens (tertiary/aromatic N) is 1. The Hall–Kier alpha value is -2.15. The second kappa shape index (κ2) is 5.87. The Bertz CT molecular complexity index is 521. The molecule has 0 spiro atoms. The number of carboxylic acid groups (broad SMARTS) is 1. The van der Waals surface area contributed by atoms with Gasteiger partial charge in [-0.3, -0.25) is 4.79 Å². The summed E-state index contributed by atoms with van der Waals surface area (Å²) in [5.41, 5.74) is 0. The molecule has 1 aromatic carbocycles. The van der Waals surface area contributed by atoms with E-state index >= 15 is 0 Å². The molecule has 108 valence electrons. The van der Waals surface area contributed by atoms with Crippen molar-refractivity contribution in [1.82, 2.24) is 4.90 Å². The average Bonchev–Trinajstić information content (AvgIpc) is 2.78. The average molecular weight is 283 g/mol. The summed E-state index contributed by atoms with van der Waals surface area (Å²) >= 11 is 0. The van der Waals surface area contributed by atoms with Gasteiger partial charge in [-0.25, -0.2) is 9.18 Å². The van der Waals surface area contributed by atoms with Crippen LogP contribution < -0.4 is 4.74 Å². The second-order valence-corrected chi connectivity index (χ2v) is 4.54. The summed E-state index contributed by atoms with van der Waals surface area (Å²) in [6, 6.07) is 4.25. The molecule has 1 aliphatic rings. The van der Waals surface area contributed by atoms with Crippen LogP contribution in [0, 0.1) is 5.82 Å². The van der Waals surface area contributed by atoms with Crippen molar-refractivity contribution in [1.29, 1.82) is 0 Å². The Morgan fingerprint density at radius 1 is 1.45 bits per heavy atom. The molecule has 0 aliphatic carbocycles. The van der Waals surface area contributed by atoms with Crippen LogP contribution >= 0.6 is 0 Å². The fraction of sp³-hybridized carbons (Fsp3) is 0.385. The molecule has 0 radical (unpaired) electrons. The predicted octanol–water partition coefficient (Wildman–Crippen LogP) is 0.251. The van der Waals surface area contributed by atoms with Gasteiger partial charge in [0.05, 0.1) is 6.10 Å². The molecule has 2 N–H and O–H groups in total. The summed E-state index contributed by atoms with van der Waals surface area (Å²) in [5, 5.41) is 18.4. The van der Waals surface area contributed by atoms with Gasteiger partial charge in [0.1, 0.15) is 17.6 Å². The summed E-state index contributed by atoms with van der Waals surface area (Å²) in [6.45, 7) is -0.442. The first-order chi connectivity index (χ1) is 9.47. The molecule has 6 nitrogen and oxygen atoms in total. The molecule has 1 fully saturated rings. The lowest BCUT2D eigenvalue weighted by Crippen LogP contribution is -2.42. The Morgan fingerprint density at radius 2 is 2.20 bits per heavy atom. The Balaban J connectivity index is 1.96. The van der Waals surface area contributed by atoms with Crippen LogP contribution in [0.25, 0.3) is 0 Å². The van der Waals surface area contributed by atoms with Crippen LogP contribution in [0.15, 0.2) is 24.3 Å². The number of ether oxygens (including phenoxy) is 1. The number of hydrogen-bond donors (Lipinski definition) is 2. The molecular weight excluding hydrogens is 269 g/mol. The highest BCUT2D eigenvalue weighted by Gasteiger charge is 2.38. The van der Waals surface area contributed by atoms with E-state index in [0.717, 1.165) is 11.0 Å². The maximum Gasteiger partial charge on any atom is 0.326 e. The van der Waals surface area contributed by atoms with Gasteiger partial charge in [-0.05, 0) is 12.1 Å². The number of carbonyl (C=O) groups excluding carboxylic acids is 1. The van der Waals surface area contributed by atoms with Crippen LogP contribution in [0.5, 0.6) is 5.75 Å². The van der Waals surface area contributed by atoms with Gasteiger partial charge in [0.15, 0.2) is 6.61 Å². The minimum atomic E-state index is -1.17. The monoisotopic (exact) mass is 283 g/mol. The standard InChI is InChI=1S/C13H14FNO5/c14-8-2-1-3-10(4-8)20-7-12(17)15-6-9(16)5-11(15)13(18)19/h1-4,9,11,16H,5-7H2,(H,18,19)/t9?,11-/m0/s1. The van der Waals surface area contributed by atoms with E-state index in [2.05, 4.69) is 0 Å². The van der Waals surface area contributed by atoms with Crippen molar-refractivity contribution >= 4 is 11.9 Å². The number of β-amino-alcohol motifs (C(OH)–C–C–N with tert-alkyl or cyclic N) is 1. The first kappa shape index (κ1) is 14.3. The van der Waals surface area contributed by atoms with Crippen molar-refractivity contribution in [2.24, 2.45) is 0 Å². The highest BCUT2D eigenvalue weighted by molar-refractivity contribution is 5.85. The van der Waals surface area contributed by atoms with Crippen LogP contribution in [0.3, 0.4) is 0 Å². The van der Waals surface area contributed by atoms with Gasteiger partial charge < -0.3 is 19.8 Å². The summed E-state index contributed by atoms with van der Waals surface area (Å²) in [4.78, 5) is 23.9. The smallest absolute Gasteiger partial charge is 0.326 e. The van der Waals surface area contributed by atoms with Gasteiger partial charge in [0.2, 0.25) is 0 Å². The largest absolute Gasteiger partial charge is 0.484 e. The number of amides is 1. The predicted molar refractivity (Wildman–Crippen MR) is 65.7 cm³/mol. The summed E-state index contributed by atoms with van der Waals surface area (Å²) in [5.74, 6) is -2.03. The molecule has 2 rings (SSSR count). The van der Waals surface area contributed by atoms with Crippen LogP contribution in [0.2, 0.25) is 0 Å². The lowest BCUT2D eigenvalue weighted by molar-refractivity contribution is -0.148. The van der Waals surface area contributed by atoms with E-state index < -0.39 is 36.4 Å². The number of likely N-dealkylation sites (tertiary alicyclic amines) is 1. The second-order valence-electron chi connectivity index (χ2n) is 4.54. The maximum absolute atomic E-state index is 12.9. The number of rotatable bonds is 4. The molecule has 1 aromatic rings. The molecule has 0 bridgehead atoms. The van der Waals surface area contributed by atoms with E-state index in [9.17, 15) is 19.1 Å². The van der Waals surface area contributed by atoms with Gasteiger partial charge in [0.25, 0.3) is 5.91 Å². The van der Waals surface area contributed by atoms with Crippen LogP contribution in [0.4, 0.5) is 4.39 Å². The number of aliphatic carboxylic acids is 1. The van der Waals surface area contributed by atoms with E-state index in [1.54, 1.807) is 0 Å². The normalized spacial score (nSPS) is 21.8. The van der Waals surface area contributed by atoms with Gasteiger partial charge in [0, 0.05) is 19.0 Å². The van der Waals surface area contributed by atoms with Crippen LogP contribution in [0.1, 0.15) is 6.42 Å². The zero-order valence-corrected chi connectivity index (χ0v) is 10.5. The summed E-state index contributed by atoms with van der Waals surface area (Å²) in [7, 11) is 0. The molecule has 0 aromatic heterocycles. The van der Waals surface area contributed by atoms with Gasteiger partial charge >= 0.3 is 5.97 Å². The summed E-state index contributed by atoms with van der Waals surface area (Å²) in [6.07, 6.45) is -0.852. The van der Waals surface area contributed by atoms with Gasteiger partial charge in [-0.15, -0.1) is 0 Å². The Labute approximate surface area is 114 Å². The molecule has 1 saturated heterocycles. The van der Waals surface area contributed by atoms with Crippen LogP contribution in [-0.2, 0) is 9.59 Å². The number of aliphatic hydroxyl groups excluding tert-OH is 1. The first-order valence-corrected chi connectivity index (χ1v) is 6.06. The number of hydrogen-bond acceptors (Lipinski definition) is 4. The van der Waals surface area contributed by atoms with Crippen molar-refractivity contribution in [2.45, 2.75) is 18.6 Å². The molecule has 1 unspecified atom stereocenters. The van der Waals surface area contributed by atoms with Gasteiger partial charge in [-0.2, -0.15) is 0 Å². The maximum atomic E-state index is 12.9. The number of halogens is 1. The zero-order valence-electron chi connectivity index (χ0n) is 10.5. The molecule has 1 amide bonds. The lowest BCUT2D eigenvalue weighted by atomic mass is 10.2. The third-order valence-corrected chi connectivity index (χ3v) is 3.04. The molecule has 1 heterocycles. The highest BCUT2D eigenvalue weighted by atomic mass is 19.1. The molecule has 2 atom stereocenters. The molecule has 1 aliphatic heterocycles. The fourth-order valence-electron chi connectivity index (χ4n) is 2.11. The molecule has 0 saturated carbocycles. The SMILES string of the molecule is O=C(O)[C@@H]1CC(O)CN1C(=O)COc1cccc(F)c1. The highest BCUT2D eigenvalue weighted by Crippen LogP contribution is 2.19. The van der Waals surface area contributed by atoms with Crippen molar-refractivity contribution in [3.63, 3.8) is 0 Å². The Kier molecular flexibility index (Phi) is 4.19. The van der Waals surface area contributed by atoms with Crippen molar-refractivity contribution in [2.75, 3.05) is 13.2 Å². The molecule has 7 heteroatoms. The van der Waals surface area contributed by atoms with E-state index in [4.69, 9.17) is 9.84 Å². The quantitative estimate of drug-likeness (QED) is 0.827. The number of carbonyl (C=O) groups is 2. The van der Waals surface area contributed by atoms with E-state index in [0.29, 0.717) is 0 Å². The van der Waals surface area contributed by atoms with Crippen molar-refractivity contribution in [3.05, 3.63) is 30.1 Å². The van der Waals surface area contributed by atoms with E-state index in [-0.39, 0.29) is 18.7 Å². The minimum absolute atomic E-state index is 0.00103. The minimum Gasteiger partial charge on any atom is -0.484 e. The first-order valence-electron chi connectivity index (χ1n) is 6.06. The molecular formula is C13H14FNO5. The van der Waals surface area contributed by atoms with E-state index in [1.165, 1.54) is 18.2 Å². The van der Waals surface area contributed by atoms with Crippen LogP contribution in [-0.4, -0.2) is 52.3 Å².